The minimum atomic E-state index is -4.96. The molecule has 590 valence electrons. The fourth-order valence-electron chi connectivity index (χ4n) is 9.34. The van der Waals surface area contributed by atoms with Crippen LogP contribution in [0.2, 0.25) is 0 Å². The van der Waals surface area contributed by atoms with Crippen LogP contribution in [0.4, 0.5) is 0 Å². The van der Waals surface area contributed by atoms with Crippen molar-refractivity contribution >= 4 is 33.6 Å². The van der Waals surface area contributed by atoms with Crippen LogP contribution in [0.5, 0.6) is 0 Å². The van der Waals surface area contributed by atoms with Crippen LogP contribution in [0.15, 0.2) is 219 Å². The van der Waals surface area contributed by atoms with Gasteiger partial charge in [-0.25, -0.2) is 9.13 Å². The topological polar surface area (TPSA) is 231 Å². The molecular formula is C87H136O16P2. The van der Waals surface area contributed by atoms with Crippen molar-refractivity contribution in [2.45, 2.75) is 270 Å². The molecule has 0 aliphatic carbocycles. The van der Waals surface area contributed by atoms with Gasteiger partial charge in [0.1, 0.15) is 25.4 Å². The molecule has 0 rings (SSSR count). The minimum Gasteiger partial charge on any atom is -0.463 e. The van der Waals surface area contributed by atoms with Crippen molar-refractivity contribution in [2.75, 3.05) is 39.6 Å². The number of aliphatic hydroxyl groups is 2. The number of hydrogen-bond donors (Lipinski definition) is 4. The molecule has 16 nitrogen and oxygen atoms in total. The van der Waals surface area contributed by atoms with Gasteiger partial charge in [-0.15, -0.1) is 0 Å². The lowest BCUT2D eigenvalue weighted by Crippen LogP contribution is -2.30. The number of hydrogen-bond acceptors (Lipinski definition) is 14. The number of phosphoric ester groups is 2. The van der Waals surface area contributed by atoms with Crippen LogP contribution in [0.25, 0.3) is 0 Å². The second-order valence-corrected chi connectivity index (χ2v) is 27.9. The molecule has 105 heavy (non-hydrogen) atoms. The van der Waals surface area contributed by atoms with Gasteiger partial charge in [-0.2, -0.15) is 0 Å². The number of rotatable bonds is 71. The molecule has 5 atom stereocenters. The van der Waals surface area contributed by atoms with E-state index in [0.717, 1.165) is 193 Å². The molecule has 5 unspecified atom stereocenters. The van der Waals surface area contributed by atoms with E-state index in [4.69, 9.17) is 32.3 Å². The van der Waals surface area contributed by atoms with Crippen molar-refractivity contribution in [3.05, 3.63) is 219 Å². The highest BCUT2D eigenvalue weighted by molar-refractivity contribution is 7.47. The van der Waals surface area contributed by atoms with Crippen molar-refractivity contribution in [3.63, 3.8) is 0 Å². The number of unbranched alkanes of at least 4 members (excludes halogenated alkanes) is 12. The largest absolute Gasteiger partial charge is 0.472 e. The molecule has 18 heteroatoms. The molecule has 0 aliphatic heterocycles. The summed E-state index contributed by atoms with van der Waals surface area (Å²) in [5.74, 6) is -1.68. The minimum absolute atomic E-state index is 0.0569. The van der Waals surface area contributed by atoms with Gasteiger partial charge in [0.05, 0.1) is 26.4 Å². The summed E-state index contributed by atoms with van der Waals surface area (Å²) in [7, 11) is -9.84. The second-order valence-electron chi connectivity index (χ2n) is 25.0. The van der Waals surface area contributed by atoms with Crippen molar-refractivity contribution < 1.29 is 75.8 Å². The Balaban J connectivity index is 4.85. The summed E-state index contributed by atoms with van der Waals surface area (Å²) in [5, 5.41) is 20.6. The molecule has 0 bridgehead atoms. The Labute approximate surface area is 634 Å². The molecule has 0 saturated heterocycles. The van der Waals surface area contributed by atoms with Gasteiger partial charge in [0, 0.05) is 19.3 Å². The fraction of sp³-hybridized carbons (Fsp3) is 0.552. The van der Waals surface area contributed by atoms with Crippen LogP contribution < -0.4 is 0 Å². The normalized spacial score (nSPS) is 15.2. The lowest BCUT2D eigenvalue weighted by Gasteiger charge is -2.21. The molecular weight excluding hydrogens is 1360 g/mol. The number of ether oxygens (including phenoxy) is 3. The van der Waals surface area contributed by atoms with Gasteiger partial charge in [-0.05, 0) is 173 Å². The van der Waals surface area contributed by atoms with Crippen molar-refractivity contribution in [1.29, 1.82) is 0 Å². The lowest BCUT2D eigenvalue weighted by molar-refractivity contribution is -0.161. The molecule has 0 heterocycles. The molecule has 4 N–H and O–H groups in total. The van der Waals surface area contributed by atoms with E-state index in [9.17, 15) is 43.5 Å². The summed E-state index contributed by atoms with van der Waals surface area (Å²) < 4.78 is 61.1. The summed E-state index contributed by atoms with van der Waals surface area (Å²) in [6, 6.07) is 0. The van der Waals surface area contributed by atoms with E-state index in [1.165, 1.54) is 0 Å². The Bertz CT molecular complexity index is 2790. The quantitative estimate of drug-likeness (QED) is 0.0146. The average Bonchev–Trinajstić information content (AvgIpc) is 0.962. The summed E-state index contributed by atoms with van der Waals surface area (Å²) in [6.07, 6.45) is 104. The zero-order valence-electron chi connectivity index (χ0n) is 64.3. The molecule has 0 aliphatic rings. The zero-order chi connectivity index (χ0) is 76.6. The number of carbonyl (C=O) groups excluding carboxylic acids is 3. The van der Waals surface area contributed by atoms with E-state index in [0.29, 0.717) is 19.3 Å². The summed E-state index contributed by atoms with van der Waals surface area (Å²) in [6.45, 7) is 2.20. The second kappa shape index (κ2) is 77.5. The zero-order valence-corrected chi connectivity index (χ0v) is 66.1. The van der Waals surface area contributed by atoms with Gasteiger partial charge in [0.2, 0.25) is 0 Å². The predicted octanol–water partition coefficient (Wildman–Crippen LogP) is 23.1. The van der Waals surface area contributed by atoms with E-state index in [-0.39, 0.29) is 19.3 Å². The Hall–Kier alpha value is -6.13. The number of phosphoric acid groups is 2. The van der Waals surface area contributed by atoms with Crippen LogP contribution in [-0.4, -0.2) is 95.9 Å². The standard InChI is InChI=1S/C87H136O16P2/c1-4-7-10-13-16-19-22-25-28-31-34-37-40-43-46-49-52-55-58-61-64-67-70-73-85(90)97-76-82(88)77-99-104(93,94)100-78-83(89)79-101-105(95,96)102-81-84(103-87(92)75-72-69-66-63-60-57-54-51-48-45-42-39-36-33-30-27-24-21-18-15-12-9-6-3)80-98-86(91)74-71-68-65-62-59-56-53-50-47-44-41-38-35-32-29-26-23-20-17-14-11-8-5-2/h7-12,16-21,25-30,34-39,43-48,52-57,82-84,88-89H,4-6,13-15,22-24,31-33,40-42,49-51,58-81H2,1-3H3,(H,93,94)(H,95,96)/b10-7-,11-8-,12-9-,19-16-,20-17-,21-18-,28-25-,29-26-,30-27-,37-34-,38-35-,39-36-,46-43-,47-44-,48-45-,55-52-,56-53-,57-54-. The number of carbonyl (C=O) groups is 3. The Morgan fingerprint density at radius 2 is 0.476 bits per heavy atom. The maximum atomic E-state index is 13.0. The molecule has 0 fully saturated rings. The Kier molecular flexibility index (Phi) is 73.0. The third-order valence-corrected chi connectivity index (χ3v) is 17.1. The highest BCUT2D eigenvalue weighted by Gasteiger charge is 2.29. The first-order chi connectivity index (χ1) is 51.2. The average molecular weight is 1500 g/mol. The van der Waals surface area contributed by atoms with Crippen LogP contribution >= 0.6 is 15.6 Å². The van der Waals surface area contributed by atoms with E-state index >= 15 is 0 Å². The molecule has 0 spiro atoms. The highest BCUT2D eigenvalue weighted by Crippen LogP contribution is 2.45. The van der Waals surface area contributed by atoms with E-state index in [1.807, 2.05) is 0 Å². The highest BCUT2D eigenvalue weighted by atomic mass is 31.2. The fourth-order valence-corrected chi connectivity index (χ4v) is 10.9. The van der Waals surface area contributed by atoms with E-state index in [2.05, 4.69) is 240 Å². The van der Waals surface area contributed by atoms with Crippen LogP contribution in [0.1, 0.15) is 252 Å². The predicted molar refractivity (Wildman–Crippen MR) is 435 cm³/mol. The van der Waals surface area contributed by atoms with E-state index in [1.54, 1.807) is 0 Å². The van der Waals surface area contributed by atoms with Crippen molar-refractivity contribution in [1.82, 2.24) is 0 Å². The van der Waals surface area contributed by atoms with Crippen molar-refractivity contribution in [2.24, 2.45) is 0 Å². The molecule has 0 aromatic heterocycles. The third-order valence-electron chi connectivity index (χ3n) is 15.2. The first-order valence-corrected chi connectivity index (χ1v) is 42.0. The summed E-state index contributed by atoms with van der Waals surface area (Å²) in [4.78, 5) is 58.7. The van der Waals surface area contributed by atoms with Crippen LogP contribution in [0, 0.1) is 0 Å². The molecule has 0 radical (unpaired) electrons. The Morgan fingerprint density at radius 3 is 0.743 bits per heavy atom. The van der Waals surface area contributed by atoms with Crippen molar-refractivity contribution in [3.8, 4) is 0 Å². The first-order valence-electron chi connectivity index (χ1n) is 39.0. The molecule has 0 aromatic rings. The lowest BCUT2D eigenvalue weighted by atomic mass is 10.1. The number of esters is 3. The van der Waals surface area contributed by atoms with Gasteiger partial charge in [-0.3, -0.25) is 32.5 Å². The first kappa shape index (κ1) is 98.9. The molecule has 0 aromatic carbocycles. The molecule has 0 amide bonds. The maximum absolute atomic E-state index is 13.0. The molecule has 0 saturated carbocycles. The maximum Gasteiger partial charge on any atom is 0.472 e. The van der Waals surface area contributed by atoms with Gasteiger partial charge in [0.15, 0.2) is 6.10 Å². The van der Waals surface area contributed by atoms with Gasteiger partial charge < -0.3 is 34.2 Å². The Morgan fingerprint density at radius 1 is 0.267 bits per heavy atom. The SMILES string of the molecule is CC/C=C\C/C=C\C/C=C\C/C=C\C/C=C\C/C=C\CCCCCCC(=O)OCC(O)COP(=O)(O)OCC(O)COP(=O)(O)OCC(COC(=O)CCCCCC/C=C\C/C=C\C/C=C\C/C=C\C/C=C\C/C=C\CC)OC(=O)CCCCCC/C=C\C/C=C\C/C=C\C/C=C\C/C=C\C/C=C\CC. The van der Waals surface area contributed by atoms with Crippen LogP contribution in [-0.2, 0) is 55.8 Å². The third kappa shape index (κ3) is 78.8. The summed E-state index contributed by atoms with van der Waals surface area (Å²) >= 11 is 0. The van der Waals surface area contributed by atoms with E-state index < -0.39 is 91.5 Å². The van der Waals surface area contributed by atoms with Gasteiger partial charge in [0.25, 0.3) is 0 Å². The van der Waals surface area contributed by atoms with Crippen LogP contribution in [0.3, 0.4) is 0 Å². The van der Waals surface area contributed by atoms with Gasteiger partial charge >= 0.3 is 33.6 Å². The summed E-state index contributed by atoms with van der Waals surface area (Å²) in [5.41, 5.74) is 0. The number of allylic oxidation sites excluding steroid dienone is 36. The van der Waals surface area contributed by atoms with Gasteiger partial charge in [-0.1, -0.05) is 278 Å². The number of aliphatic hydroxyl groups excluding tert-OH is 2. The smallest absolute Gasteiger partial charge is 0.463 e. The monoisotopic (exact) mass is 1500 g/mol.